The molecule has 1 atom stereocenters. The van der Waals surface area contributed by atoms with Gasteiger partial charge in [-0.2, -0.15) is 0 Å². The number of nitrogens with one attached hydrogen (secondary N) is 1. The summed E-state index contributed by atoms with van der Waals surface area (Å²) < 4.78 is 5.00. The third kappa shape index (κ3) is 3.14. The Morgan fingerprint density at radius 2 is 2.33 bits per heavy atom. The van der Waals surface area contributed by atoms with Crippen LogP contribution in [0, 0.1) is 22.5 Å². The Hall–Kier alpha value is -2.22. The minimum Gasteiger partial charge on any atom is -0.490 e. The first-order valence-corrected chi connectivity index (χ1v) is 5.65. The van der Waals surface area contributed by atoms with E-state index in [9.17, 15) is 10.1 Å². The van der Waals surface area contributed by atoms with Crippen molar-refractivity contribution in [2.45, 2.75) is 25.8 Å². The SMILES string of the molecule is C#CCC(CC)Nc1cccc(OC)c1[N+](=O)[O-]. The van der Waals surface area contributed by atoms with E-state index in [4.69, 9.17) is 11.2 Å². The van der Waals surface area contributed by atoms with Crippen LogP contribution in [0.4, 0.5) is 11.4 Å². The Balaban J connectivity index is 3.08. The molecule has 96 valence electrons. The van der Waals surface area contributed by atoms with Crippen molar-refractivity contribution >= 4 is 11.4 Å². The Morgan fingerprint density at radius 1 is 1.61 bits per heavy atom. The number of para-hydroxylation sites is 1. The maximum absolute atomic E-state index is 11.1. The molecule has 0 aromatic heterocycles. The van der Waals surface area contributed by atoms with Crippen LogP contribution in [0.15, 0.2) is 18.2 Å². The number of anilines is 1. The number of terminal acetylenes is 1. The summed E-state index contributed by atoms with van der Waals surface area (Å²) in [6.07, 6.45) is 6.57. The average Bonchev–Trinajstić information content (AvgIpc) is 2.37. The van der Waals surface area contributed by atoms with Gasteiger partial charge in [0.1, 0.15) is 5.69 Å². The number of nitrogens with zero attached hydrogens (tertiary/aromatic N) is 1. The van der Waals surface area contributed by atoms with Gasteiger partial charge in [-0.3, -0.25) is 10.1 Å². The summed E-state index contributed by atoms with van der Waals surface area (Å²) in [5, 5.41) is 14.2. The van der Waals surface area contributed by atoms with Crippen LogP contribution in [0.2, 0.25) is 0 Å². The molecule has 0 radical (unpaired) electrons. The number of nitro groups is 1. The molecule has 0 bridgehead atoms. The van der Waals surface area contributed by atoms with E-state index in [-0.39, 0.29) is 17.5 Å². The lowest BCUT2D eigenvalue weighted by molar-refractivity contribution is -0.384. The van der Waals surface area contributed by atoms with Crippen LogP contribution in [0.3, 0.4) is 0 Å². The first-order valence-electron chi connectivity index (χ1n) is 5.65. The molecular formula is C13H16N2O3. The van der Waals surface area contributed by atoms with E-state index in [1.54, 1.807) is 18.2 Å². The van der Waals surface area contributed by atoms with Gasteiger partial charge in [-0.1, -0.05) is 13.0 Å². The van der Waals surface area contributed by atoms with Crippen molar-refractivity contribution in [1.29, 1.82) is 0 Å². The largest absolute Gasteiger partial charge is 0.490 e. The smallest absolute Gasteiger partial charge is 0.333 e. The maximum atomic E-state index is 11.1. The summed E-state index contributed by atoms with van der Waals surface area (Å²) in [4.78, 5) is 10.6. The monoisotopic (exact) mass is 248 g/mol. The molecule has 5 nitrogen and oxygen atoms in total. The molecule has 1 aromatic rings. The fourth-order valence-electron chi connectivity index (χ4n) is 1.65. The van der Waals surface area contributed by atoms with Crippen LogP contribution in [0.25, 0.3) is 0 Å². The molecule has 18 heavy (non-hydrogen) atoms. The summed E-state index contributed by atoms with van der Waals surface area (Å²) in [6, 6.07) is 4.93. The van der Waals surface area contributed by atoms with E-state index in [0.29, 0.717) is 12.1 Å². The summed E-state index contributed by atoms with van der Waals surface area (Å²) in [5.41, 5.74) is 0.372. The minimum absolute atomic E-state index is 0.0146. The van der Waals surface area contributed by atoms with E-state index < -0.39 is 4.92 Å². The van der Waals surface area contributed by atoms with Crippen molar-refractivity contribution in [3.63, 3.8) is 0 Å². The van der Waals surface area contributed by atoms with Gasteiger partial charge in [0.15, 0.2) is 5.75 Å². The van der Waals surface area contributed by atoms with E-state index in [0.717, 1.165) is 6.42 Å². The van der Waals surface area contributed by atoms with Gasteiger partial charge >= 0.3 is 5.69 Å². The first kappa shape index (κ1) is 13.8. The van der Waals surface area contributed by atoms with Crippen LogP contribution in [0.1, 0.15) is 19.8 Å². The second kappa shape index (κ2) is 6.50. The van der Waals surface area contributed by atoms with Crippen molar-refractivity contribution in [3.8, 4) is 18.1 Å². The first-order chi connectivity index (χ1) is 8.63. The third-order valence-corrected chi connectivity index (χ3v) is 2.62. The standard InChI is InChI=1S/C13H16N2O3/c1-4-7-10(5-2)14-11-8-6-9-12(18-3)13(11)15(16)17/h1,6,8-10,14H,5,7H2,2-3H3. The van der Waals surface area contributed by atoms with Crippen molar-refractivity contribution in [3.05, 3.63) is 28.3 Å². The fraction of sp³-hybridized carbons (Fsp3) is 0.385. The van der Waals surface area contributed by atoms with E-state index in [1.807, 2.05) is 6.92 Å². The van der Waals surface area contributed by atoms with Crippen molar-refractivity contribution in [2.24, 2.45) is 0 Å². The molecule has 0 fully saturated rings. The summed E-state index contributed by atoms with van der Waals surface area (Å²) in [5.74, 6) is 2.79. The molecule has 1 N–H and O–H groups in total. The summed E-state index contributed by atoms with van der Waals surface area (Å²) in [6.45, 7) is 1.97. The molecule has 0 aliphatic rings. The number of hydrogen-bond acceptors (Lipinski definition) is 4. The molecule has 0 aliphatic heterocycles. The number of hydrogen-bond donors (Lipinski definition) is 1. The molecule has 0 spiro atoms. The lowest BCUT2D eigenvalue weighted by Crippen LogP contribution is -2.18. The van der Waals surface area contributed by atoms with Gasteiger partial charge < -0.3 is 10.1 Å². The third-order valence-electron chi connectivity index (χ3n) is 2.62. The van der Waals surface area contributed by atoms with Gasteiger partial charge in [-0.25, -0.2) is 0 Å². The van der Waals surface area contributed by atoms with Gasteiger partial charge in [0.2, 0.25) is 0 Å². The Labute approximate surface area is 106 Å². The number of methoxy groups -OCH3 is 1. The Morgan fingerprint density at radius 3 is 2.83 bits per heavy atom. The normalized spacial score (nSPS) is 11.4. The predicted molar refractivity (Wildman–Crippen MR) is 70.8 cm³/mol. The molecule has 1 rings (SSSR count). The van der Waals surface area contributed by atoms with Crippen molar-refractivity contribution in [2.75, 3.05) is 12.4 Å². The number of rotatable bonds is 6. The molecule has 1 aromatic carbocycles. The van der Waals surface area contributed by atoms with Gasteiger partial charge in [0.25, 0.3) is 0 Å². The average molecular weight is 248 g/mol. The minimum atomic E-state index is -0.455. The topological polar surface area (TPSA) is 64.4 Å². The zero-order chi connectivity index (χ0) is 13.5. The molecule has 0 saturated heterocycles. The number of benzene rings is 1. The zero-order valence-corrected chi connectivity index (χ0v) is 10.5. The highest BCUT2D eigenvalue weighted by Crippen LogP contribution is 2.35. The molecule has 0 aliphatic carbocycles. The summed E-state index contributed by atoms with van der Waals surface area (Å²) in [7, 11) is 1.41. The van der Waals surface area contributed by atoms with Crippen LogP contribution in [-0.2, 0) is 0 Å². The molecule has 1 unspecified atom stereocenters. The van der Waals surface area contributed by atoms with Gasteiger partial charge in [-0.15, -0.1) is 12.3 Å². The summed E-state index contributed by atoms with van der Waals surface area (Å²) >= 11 is 0. The molecule has 0 saturated carbocycles. The lowest BCUT2D eigenvalue weighted by atomic mass is 10.1. The van der Waals surface area contributed by atoms with Crippen LogP contribution < -0.4 is 10.1 Å². The van der Waals surface area contributed by atoms with Crippen molar-refractivity contribution in [1.82, 2.24) is 0 Å². The molecule has 5 heteroatoms. The van der Waals surface area contributed by atoms with E-state index in [2.05, 4.69) is 11.2 Å². The quantitative estimate of drug-likeness (QED) is 0.477. The van der Waals surface area contributed by atoms with Crippen LogP contribution in [-0.4, -0.2) is 18.1 Å². The van der Waals surface area contributed by atoms with Crippen molar-refractivity contribution < 1.29 is 9.66 Å². The highest BCUT2D eigenvalue weighted by molar-refractivity contribution is 5.68. The Bertz CT molecular complexity index is 466. The highest BCUT2D eigenvalue weighted by Gasteiger charge is 2.21. The van der Waals surface area contributed by atoms with E-state index in [1.165, 1.54) is 7.11 Å². The van der Waals surface area contributed by atoms with Gasteiger partial charge in [-0.05, 0) is 18.6 Å². The lowest BCUT2D eigenvalue weighted by Gasteiger charge is -2.16. The predicted octanol–water partition coefficient (Wildman–Crippen LogP) is 2.82. The second-order valence-electron chi connectivity index (χ2n) is 3.77. The van der Waals surface area contributed by atoms with Gasteiger partial charge in [0, 0.05) is 12.5 Å². The molecule has 0 amide bonds. The maximum Gasteiger partial charge on any atom is 0.333 e. The van der Waals surface area contributed by atoms with E-state index >= 15 is 0 Å². The number of nitro benzene ring substituents is 1. The highest BCUT2D eigenvalue weighted by atomic mass is 16.6. The molecular weight excluding hydrogens is 232 g/mol. The second-order valence-corrected chi connectivity index (χ2v) is 3.77. The van der Waals surface area contributed by atoms with Crippen LogP contribution in [0.5, 0.6) is 5.75 Å². The van der Waals surface area contributed by atoms with Crippen LogP contribution >= 0.6 is 0 Å². The molecule has 0 heterocycles. The van der Waals surface area contributed by atoms with Gasteiger partial charge in [0.05, 0.1) is 12.0 Å². The number of ether oxygens (including phenoxy) is 1. The Kier molecular flexibility index (Phi) is 5.00. The fourth-order valence-corrected chi connectivity index (χ4v) is 1.65. The zero-order valence-electron chi connectivity index (χ0n) is 10.5.